The van der Waals surface area contributed by atoms with Gasteiger partial charge in [-0.25, -0.2) is 0 Å². The van der Waals surface area contributed by atoms with Gasteiger partial charge in [-0.15, -0.1) is 0 Å². The molecule has 2 aromatic rings. The molecule has 0 amide bonds. The molecule has 2 rings (SSSR count). The number of ether oxygens (including phenoxy) is 1. The van der Waals surface area contributed by atoms with Crippen LogP contribution < -0.4 is 15.8 Å². The maximum Gasteiger partial charge on any atom is 0.175 e. The summed E-state index contributed by atoms with van der Waals surface area (Å²) < 4.78 is 6.77. The Balaban J connectivity index is 2.27. The van der Waals surface area contributed by atoms with E-state index in [2.05, 4.69) is 10.4 Å². The van der Waals surface area contributed by atoms with E-state index in [1.807, 2.05) is 13.1 Å². The van der Waals surface area contributed by atoms with Gasteiger partial charge in [0.25, 0.3) is 0 Å². The van der Waals surface area contributed by atoms with Crippen LogP contribution in [0.3, 0.4) is 0 Å². The molecule has 0 bridgehead atoms. The summed E-state index contributed by atoms with van der Waals surface area (Å²) in [4.78, 5) is 0. The first-order valence-electron chi connectivity index (χ1n) is 5.00. The highest BCUT2D eigenvalue weighted by Gasteiger charge is 2.06. The van der Waals surface area contributed by atoms with Gasteiger partial charge in [0.2, 0.25) is 0 Å². The van der Waals surface area contributed by atoms with Crippen LogP contribution in [0, 0.1) is 0 Å². The maximum atomic E-state index is 5.94. The number of aryl methyl sites for hydroxylation is 1. The molecular formula is C11H13ClN4O. The van der Waals surface area contributed by atoms with Crippen LogP contribution in [-0.2, 0) is 7.05 Å². The highest BCUT2D eigenvalue weighted by atomic mass is 35.5. The molecule has 1 aromatic carbocycles. The first-order chi connectivity index (χ1) is 8.10. The maximum absolute atomic E-state index is 5.94. The number of benzene rings is 1. The Morgan fingerprint density at radius 1 is 1.47 bits per heavy atom. The van der Waals surface area contributed by atoms with Crippen LogP contribution in [0.25, 0.3) is 0 Å². The molecule has 1 heterocycles. The van der Waals surface area contributed by atoms with Gasteiger partial charge in [0.15, 0.2) is 5.82 Å². The summed E-state index contributed by atoms with van der Waals surface area (Å²) >= 11 is 5.94. The van der Waals surface area contributed by atoms with Crippen molar-refractivity contribution >= 4 is 28.8 Å². The van der Waals surface area contributed by atoms with Gasteiger partial charge in [-0.2, -0.15) is 5.10 Å². The van der Waals surface area contributed by atoms with Crippen molar-refractivity contribution in [2.75, 3.05) is 18.2 Å². The lowest BCUT2D eigenvalue weighted by atomic mass is 10.3. The van der Waals surface area contributed by atoms with Gasteiger partial charge in [0.05, 0.1) is 17.8 Å². The van der Waals surface area contributed by atoms with E-state index in [1.54, 1.807) is 30.1 Å². The van der Waals surface area contributed by atoms with E-state index in [9.17, 15) is 0 Å². The van der Waals surface area contributed by atoms with Crippen LogP contribution in [0.1, 0.15) is 0 Å². The Labute approximate surface area is 104 Å². The lowest BCUT2D eigenvalue weighted by Gasteiger charge is -2.07. The fourth-order valence-electron chi connectivity index (χ4n) is 1.48. The number of rotatable bonds is 3. The van der Waals surface area contributed by atoms with Crippen molar-refractivity contribution in [3.63, 3.8) is 0 Å². The number of hydrogen-bond acceptors (Lipinski definition) is 4. The van der Waals surface area contributed by atoms with E-state index in [-0.39, 0.29) is 0 Å². The summed E-state index contributed by atoms with van der Waals surface area (Å²) in [6, 6.07) is 5.37. The lowest BCUT2D eigenvalue weighted by Crippen LogP contribution is -1.96. The second kappa shape index (κ2) is 4.55. The third-order valence-corrected chi connectivity index (χ3v) is 2.58. The molecule has 1 aromatic heterocycles. The van der Waals surface area contributed by atoms with E-state index < -0.39 is 0 Å². The molecule has 0 spiro atoms. The molecule has 90 valence electrons. The average Bonchev–Trinajstić information content (AvgIpc) is 2.60. The van der Waals surface area contributed by atoms with Crippen LogP contribution in [0.5, 0.6) is 5.75 Å². The van der Waals surface area contributed by atoms with Crippen molar-refractivity contribution in [2.45, 2.75) is 0 Å². The fourth-order valence-corrected chi connectivity index (χ4v) is 1.67. The Morgan fingerprint density at radius 3 is 2.82 bits per heavy atom. The van der Waals surface area contributed by atoms with Crippen LogP contribution in [-0.4, -0.2) is 16.9 Å². The Hall–Kier alpha value is -1.88. The standard InChI is InChI=1S/C11H13ClN4O/c1-16-6-9(13)11(15-16)14-7-3-4-8(12)10(5-7)17-2/h3-6H,13H2,1-2H3,(H,14,15). The normalized spacial score (nSPS) is 10.3. The quantitative estimate of drug-likeness (QED) is 0.881. The number of methoxy groups -OCH3 is 1. The third-order valence-electron chi connectivity index (χ3n) is 2.27. The van der Waals surface area contributed by atoms with Gasteiger partial charge >= 0.3 is 0 Å². The summed E-state index contributed by atoms with van der Waals surface area (Å²) in [5.74, 6) is 1.21. The van der Waals surface area contributed by atoms with Gasteiger partial charge < -0.3 is 15.8 Å². The van der Waals surface area contributed by atoms with Crippen LogP contribution in [0.4, 0.5) is 17.2 Å². The number of anilines is 3. The second-order valence-corrected chi connectivity index (χ2v) is 3.99. The zero-order valence-corrected chi connectivity index (χ0v) is 10.3. The monoisotopic (exact) mass is 252 g/mol. The van der Waals surface area contributed by atoms with Crippen molar-refractivity contribution in [1.82, 2.24) is 9.78 Å². The van der Waals surface area contributed by atoms with Gasteiger partial charge in [-0.3, -0.25) is 4.68 Å². The van der Waals surface area contributed by atoms with Gasteiger partial charge in [-0.1, -0.05) is 11.6 Å². The molecule has 0 aliphatic heterocycles. The molecule has 17 heavy (non-hydrogen) atoms. The predicted molar refractivity (Wildman–Crippen MR) is 68.9 cm³/mol. The Bertz CT molecular complexity index is 538. The number of nitrogens with two attached hydrogens (primary N) is 1. The largest absolute Gasteiger partial charge is 0.495 e. The van der Waals surface area contributed by atoms with Crippen LogP contribution in [0.2, 0.25) is 5.02 Å². The number of hydrogen-bond donors (Lipinski definition) is 2. The summed E-state index contributed by atoms with van der Waals surface area (Å²) in [6.07, 6.45) is 1.73. The highest BCUT2D eigenvalue weighted by Crippen LogP contribution is 2.29. The minimum atomic E-state index is 0.562. The molecule has 0 fully saturated rings. The first-order valence-corrected chi connectivity index (χ1v) is 5.37. The van der Waals surface area contributed by atoms with Gasteiger partial charge in [-0.05, 0) is 12.1 Å². The van der Waals surface area contributed by atoms with E-state index in [0.717, 1.165) is 5.69 Å². The van der Waals surface area contributed by atoms with Crippen molar-refractivity contribution in [3.05, 3.63) is 29.4 Å². The summed E-state index contributed by atoms with van der Waals surface area (Å²) in [7, 11) is 3.38. The topological polar surface area (TPSA) is 65.1 Å². The van der Waals surface area contributed by atoms with E-state index in [4.69, 9.17) is 22.1 Å². The van der Waals surface area contributed by atoms with E-state index in [0.29, 0.717) is 22.3 Å². The Kier molecular flexibility index (Phi) is 3.10. The summed E-state index contributed by atoms with van der Waals surface area (Å²) in [5, 5.41) is 7.85. The number of nitrogen functional groups attached to an aromatic ring is 1. The van der Waals surface area contributed by atoms with Crippen molar-refractivity contribution in [1.29, 1.82) is 0 Å². The lowest BCUT2D eigenvalue weighted by molar-refractivity contribution is 0.415. The second-order valence-electron chi connectivity index (χ2n) is 3.58. The molecule has 0 unspecified atom stereocenters. The molecule has 0 saturated heterocycles. The molecule has 5 nitrogen and oxygen atoms in total. The first kappa shape index (κ1) is 11.6. The van der Waals surface area contributed by atoms with E-state index in [1.165, 1.54) is 0 Å². The zero-order chi connectivity index (χ0) is 12.4. The third kappa shape index (κ3) is 2.45. The smallest absolute Gasteiger partial charge is 0.175 e. The number of nitrogens with one attached hydrogen (secondary N) is 1. The molecule has 0 aliphatic carbocycles. The van der Waals surface area contributed by atoms with Crippen molar-refractivity contribution in [3.8, 4) is 5.75 Å². The minimum Gasteiger partial charge on any atom is -0.495 e. The average molecular weight is 253 g/mol. The fraction of sp³-hybridized carbons (Fsp3) is 0.182. The number of aromatic nitrogens is 2. The van der Waals surface area contributed by atoms with Crippen molar-refractivity contribution < 1.29 is 4.74 Å². The SMILES string of the molecule is COc1cc(Nc2nn(C)cc2N)ccc1Cl. The summed E-state index contributed by atoms with van der Waals surface area (Å²) in [6.45, 7) is 0. The molecular weight excluding hydrogens is 240 g/mol. The molecule has 0 aliphatic rings. The molecule has 0 radical (unpaired) electrons. The van der Waals surface area contributed by atoms with Gasteiger partial charge in [0, 0.05) is 25.0 Å². The zero-order valence-electron chi connectivity index (χ0n) is 9.57. The number of halogens is 1. The van der Waals surface area contributed by atoms with E-state index >= 15 is 0 Å². The van der Waals surface area contributed by atoms with Crippen LogP contribution in [0.15, 0.2) is 24.4 Å². The molecule has 3 N–H and O–H groups in total. The minimum absolute atomic E-state index is 0.562. The molecule has 6 heteroatoms. The predicted octanol–water partition coefficient (Wildman–Crippen LogP) is 2.41. The molecule has 0 saturated carbocycles. The highest BCUT2D eigenvalue weighted by molar-refractivity contribution is 6.32. The Morgan fingerprint density at radius 2 is 2.24 bits per heavy atom. The molecule has 0 atom stereocenters. The number of nitrogens with zero attached hydrogens (tertiary/aromatic N) is 2. The van der Waals surface area contributed by atoms with Crippen molar-refractivity contribution in [2.24, 2.45) is 7.05 Å². The van der Waals surface area contributed by atoms with Gasteiger partial charge in [0.1, 0.15) is 5.75 Å². The van der Waals surface area contributed by atoms with Crippen LogP contribution >= 0.6 is 11.6 Å². The summed E-state index contributed by atoms with van der Waals surface area (Å²) in [5.41, 5.74) is 7.19.